The van der Waals surface area contributed by atoms with Gasteiger partial charge in [-0.15, -0.1) is 0 Å². The second kappa shape index (κ2) is 7.82. The maximum Gasteiger partial charge on any atom is 0.312 e. The van der Waals surface area contributed by atoms with Gasteiger partial charge in [-0.05, 0) is 25.3 Å². The maximum atomic E-state index is 12.8. The molecule has 2 atom stereocenters. The molecular formula is C15H25N5O2. The summed E-state index contributed by atoms with van der Waals surface area (Å²) in [5.74, 6) is -0.0260. The Morgan fingerprint density at radius 2 is 2.32 bits per heavy atom. The zero-order valence-electron chi connectivity index (χ0n) is 13.1. The lowest BCUT2D eigenvalue weighted by atomic mass is 10.1. The van der Waals surface area contributed by atoms with E-state index in [1.165, 1.54) is 0 Å². The average molecular weight is 307 g/mol. The summed E-state index contributed by atoms with van der Waals surface area (Å²) < 4.78 is 1.85. The molecule has 1 saturated heterocycles. The SMILES string of the molecule is CCCC[C@@H](NC(N)=O)C(=O)N1CCC[C@@H]1Cn1cccn1. The lowest BCUT2D eigenvalue weighted by Gasteiger charge is -2.29. The first kappa shape index (κ1) is 16.3. The molecule has 0 radical (unpaired) electrons. The van der Waals surface area contributed by atoms with Crippen molar-refractivity contribution < 1.29 is 9.59 Å². The predicted molar refractivity (Wildman–Crippen MR) is 83.0 cm³/mol. The molecule has 3 amide bonds. The second-order valence-corrected chi connectivity index (χ2v) is 5.76. The summed E-state index contributed by atoms with van der Waals surface area (Å²) in [7, 11) is 0. The number of likely N-dealkylation sites (tertiary alicyclic amines) is 1. The van der Waals surface area contributed by atoms with Gasteiger partial charge in [0.1, 0.15) is 6.04 Å². The quantitative estimate of drug-likeness (QED) is 0.790. The molecule has 0 bridgehead atoms. The van der Waals surface area contributed by atoms with E-state index in [1.807, 2.05) is 21.8 Å². The molecule has 1 aliphatic heterocycles. The number of carbonyl (C=O) groups is 2. The smallest absolute Gasteiger partial charge is 0.312 e. The second-order valence-electron chi connectivity index (χ2n) is 5.76. The van der Waals surface area contributed by atoms with Gasteiger partial charge in [0.05, 0.1) is 12.6 Å². The number of nitrogens with one attached hydrogen (secondary N) is 1. The van der Waals surface area contributed by atoms with Gasteiger partial charge in [0.15, 0.2) is 0 Å². The fourth-order valence-corrected chi connectivity index (χ4v) is 2.98. The van der Waals surface area contributed by atoms with Crippen molar-refractivity contribution in [2.75, 3.05) is 6.54 Å². The first-order chi connectivity index (χ1) is 10.6. The molecule has 2 heterocycles. The number of aromatic nitrogens is 2. The Labute approximate surface area is 130 Å². The van der Waals surface area contributed by atoms with Crippen molar-refractivity contribution in [1.82, 2.24) is 20.0 Å². The fourth-order valence-electron chi connectivity index (χ4n) is 2.98. The van der Waals surface area contributed by atoms with Crippen molar-refractivity contribution in [3.8, 4) is 0 Å². The number of nitrogens with zero attached hydrogens (tertiary/aromatic N) is 3. The van der Waals surface area contributed by atoms with Crippen LogP contribution in [0.3, 0.4) is 0 Å². The molecule has 3 N–H and O–H groups in total. The Morgan fingerprint density at radius 3 is 2.95 bits per heavy atom. The number of unbranched alkanes of at least 4 members (excludes halogenated alkanes) is 1. The molecule has 0 aliphatic carbocycles. The first-order valence-electron chi connectivity index (χ1n) is 7.95. The Bertz CT molecular complexity index is 488. The Kier molecular flexibility index (Phi) is 5.80. The first-order valence-corrected chi connectivity index (χ1v) is 7.95. The van der Waals surface area contributed by atoms with E-state index in [9.17, 15) is 9.59 Å². The molecule has 1 aliphatic rings. The molecule has 1 aromatic heterocycles. The molecule has 0 saturated carbocycles. The van der Waals surface area contributed by atoms with E-state index in [2.05, 4.69) is 17.3 Å². The minimum absolute atomic E-state index is 0.0260. The van der Waals surface area contributed by atoms with Crippen LogP contribution in [0.4, 0.5) is 4.79 Å². The number of amides is 3. The zero-order valence-corrected chi connectivity index (χ0v) is 13.1. The van der Waals surface area contributed by atoms with Gasteiger partial charge in [0, 0.05) is 18.9 Å². The number of urea groups is 1. The van der Waals surface area contributed by atoms with Crippen LogP contribution in [0, 0.1) is 0 Å². The molecular weight excluding hydrogens is 282 g/mol. The van der Waals surface area contributed by atoms with Crippen molar-refractivity contribution in [1.29, 1.82) is 0 Å². The molecule has 122 valence electrons. The van der Waals surface area contributed by atoms with Gasteiger partial charge < -0.3 is 16.0 Å². The molecule has 1 fully saturated rings. The lowest BCUT2D eigenvalue weighted by Crippen LogP contribution is -2.52. The summed E-state index contributed by atoms with van der Waals surface area (Å²) in [6, 6.07) is 0.846. The van der Waals surface area contributed by atoms with Crippen molar-refractivity contribution >= 4 is 11.9 Å². The third-order valence-electron chi connectivity index (χ3n) is 4.08. The minimum Gasteiger partial charge on any atom is -0.352 e. The average Bonchev–Trinajstić information content (AvgIpc) is 3.14. The Hall–Kier alpha value is -2.05. The van der Waals surface area contributed by atoms with Gasteiger partial charge in [0.2, 0.25) is 5.91 Å². The van der Waals surface area contributed by atoms with Crippen LogP contribution in [-0.4, -0.2) is 45.2 Å². The molecule has 7 heteroatoms. The predicted octanol–water partition coefficient (Wildman–Crippen LogP) is 1.10. The van der Waals surface area contributed by atoms with Crippen molar-refractivity contribution in [3.63, 3.8) is 0 Å². The van der Waals surface area contributed by atoms with Crippen molar-refractivity contribution in [3.05, 3.63) is 18.5 Å². The van der Waals surface area contributed by atoms with Crippen LogP contribution < -0.4 is 11.1 Å². The topological polar surface area (TPSA) is 93.2 Å². The molecule has 1 aromatic rings. The number of hydrogen-bond acceptors (Lipinski definition) is 3. The number of primary amides is 1. The third-order valence-corrected chi connectivity index (χ3v) is 4.08. The van der Waals surface area contributed by atoms with Crippen LogP contribution in [0.15, 0.2) is 18.5 Å². The van der Waals surface area contributed by atoms with E-state index in [0.29, 0.717) is 13.0 Å². The van der Waals surface area contributed by atoms with E-state index in [0.717, 1.165) is 32.2 Å². The molecule has 0 spiro atoms. The lowest BCUT2D eigenvalue weighted by molar-refractivity contribution is -0.134. The Balaban J connectivity index is 2.01. The highest BCUT2D eigenvalue weighted by atomic mass is 16.2. The third kappa shape index (κ3) is 4.22. The highest BCUT2D eigenvalue weighted by Gasteiger charge is 2.33. The van der Waals surface area contributed by atoms with Gasteiger partial charge in [-0.2, -0.15) is 5.10 Å². The largest absolute Gasteiger partial charge is 0.352 e. The van der Waals surface area contributed by atoms with Crippen LogP contribution >= 0.6 is 0 Å². The summed E-state index contributed by atoms with van der Waals surface area (Å²) in [6.45, 7) is 3.48. The monoisotopic (exact) mass is 307 g/mol. The zero-order chi connectivity index (χ0) is 15.9. The van der Waals surface area contributed by atoms with Crippen molar-refractivity contribution in [2.45, 2.75) is 57.7 Å². The van der Waals surface area contributed by atoms with Crippen LogP contribution in [-0.2, 0) is 11.3 Å². The summed E-state index contributed by atoms with van der Waals surface area (Å²) in [6.07, 6.45) is 8.06. The number of hydrogen-bond donors (Lipinski definition) is 2. The van der Waals surface area contributed by atoms with Gasteiger partial charge in [-0.25, -0.2) is 4.79 Å². The fraction of sp³-hybridized carbons (Fsp3) is 0.667. The highest BCUT2D eigenvalue weighted by molar-refractivity contribution is 5.86. The highest BCUT2D eigenvalue weighted by Crippen LogP contribution is 2.20. The Morgan fingerprint density at radius 1 is 1.50 bits per heavy atom. The standard InChI is InChI=1S/C15H25N5O2/c1-2-3-7-13(18-15(16)22)14(21)20-10-4-6-12(20)11-19-9-5-8-17-19/h5,8-9,12-13H,2-4,6-7,10-11H2,1H3,(H3,16,18,22)/t12-,13-/m1/s1. The molecule has 22 heavy (non-hydrogen) atoms. The van der Waals surface area contributed by atoms with E-state index in [4.69, 9.17) is 5.73 Å². The van der Waals surface area contributed by atoms with Gasteiger partial charge in [-0.1, -0.05) is 19.8 Å². The summed E-state index contributed by atoms with van der Waals surface area (Å²) >= 11 is 0. The van der Waals surface area contributed by atoms with Crippen LogP contribution in [0.5, 0.6) is 0 Å². The number of nitrogens with two attached hydrogens (primary N) is 1. The number of carbonyl (C=O) groups excluding carboxylic acids is 2. The van der Waals surface area contributed by atoms with Crippen molar-refractivity contribution in [2.24, 2.45) is 5.73 Å². The van der Waals surface area contributed by atoms with E-state index < -0.39 is 12.1 Å². The number of rotatable bonds is 7. The van der Waals surface area contributed by atoms with E-state index >= 15 is 0 Å². The van der Waals surface area contributed by atoms with Gasteiger partial charge >= 0.3 is 6.03 Å². The van der Waals surface area contributed by atoms with Gasteiger partial charge in [-0.3, -0.25) is 9.48 Å². The normalized spacial score (nSPS) is 19.1. The molecule has 0 aromatic carbocycles. The van der Waals surface area contributed by atoms with Crippen LogP contribution in [0.2, 0.25) is 0 Å². The molecule has 7 nitrogen and oxygen atoms in total. The summed E-state index contributed by atoms with van der Waals surface area (Å²) in [4.78, 5) is 25.8. The van der Waals surface area contributed by atoms with Crippen LogP contribution in [0.25, 0.3) is 0 Å². The maximum absolute atomic E-state index is 12.8. The molecule has 0 unspecified atom stereocenters. The summed E-state index contributed by atoms with van der Waals surface area (Å²) in [5.41, 5.74) is 5.21. The molecule has 2 rings (SSSR count). The van der Waals surface area contributed by atoms with E-state index in [1.54, 1.807) is 6.20 Å². The summed E-state index contributed by atoms with van der Waals surface area (Å²) in [5, 5.41) is 6.80. The van der Waals surface area contributed by atoms with Crippen LogP contribution in [0.1, 0.15) is 39.0 Å². The minimum atomic E-state index is -0.641. The van der Waals surface area contributed by atoms with E-state index in [-0.39, 0.29) is 11.9 Å². The van der Waals surface area contributed by atoms with Gasteiger partial charge in [0.25, 0.3) is 0 Å².